The highest BCUT2D eigenvalue weighted by molar-refractivity contribution is 5.78. The van der Waals surface area contributed by atoms with Crippen LogP contribution in [0, 0.1) is 0 Å². The standard InChI is InChI=1S/C9H8N4/c1-2-10-3-7-6(1)9-8(4-11-7)12-5-13-9/h1-3,5,11H,4H2,(H,12,13). The molecule has 4 heteroatoms. The number of hydrogen-bond acceptors (Lipinski definition) is 3. The fourth-order valence-electron chi connectivity index (χ4n) is 1.61. The van der Waals surface area contributed by atoms with Crippen molar-refractivity contribution in [3.05, 3.63) is 30.5 Å². The van der Waals surface area contributed by atoms with E-state index in [1.54, 1.807) is 12.5 Å². The van der Waals surface area contributed by atoms with Crippen LogP contribution >= 0.6 is 0 Å². The molecule has 13 heavy (non-hydrogen) atoms. The summed E-state index contributed by atoms with van der Waals surface area (Å²) in [4.78, 5) is 11.4. The second-order valence-electron chi connectivity index (χ2n) is 3.00. The van der Waals surface area contributed by atoms with Gasteiger partial charge in [0.2, 0.25) is 0 Å². The van der Waals surface area contributed by atoms with Gasteiger partial charge in [0, 0.05) is 11.8 Å². The van der Waals surface area contributed by atoms with Crippen molar-refractivity contribution in [3.8, 4) is 11.3 Å². The summed E-state index contributed by atoms with van der Waals surface area (Å²) in [6, 6.07) is 1.97. The van der Waals surface area contributed by atoms with Gasteiger partial charge in [-0.1, -0.05) is 0 Å². The maximum Gasteiger partial charge on any atom is 0.0952 e. The smallest absolute Gasteiger partial charge is 0.0952 e. The number of aromatic nitrogens is 3. The van der Waals surface area contributed by atoms with Crippen LogP contribution in [-0.2, 0) is 6.54 Å². The molecule has 3 heterocycles. The van der Waals surface area contributed by atoms with Crippen LogP contribution in [0.1, 0.15) is 5.69 Å². The maximum atomic E-state index is 4.27. The molecular weight excluding hydrogens is 164 g/mol. The molecule has 0 bridgehead atoms. The normalized spacial score (nSPS) is 12.9. The molecule has 64 valence electrons. The molecule has 1 aliphatic heterocycles. The van der Waals surface area contributed by atoms with Crippen LogP contribution in [0.2, 0.25) is 0 Å². The third-order valence-electron chi connectivity index (χ3n) is 2.25. The minimum atomic E-state index is 0.800. The van der Waals surface area contributed by atoms with Crippen molar-refractivity contribution in [2.24, 2.45) is 0 Å². The number of imidazole rings is 1. The zero-order valence-corrected chi connectivity index (χ0v) is 6.91. The summed E-state index contributed by atoms with van der Waals surface area (Å²) >= 11 is 0. The highest BCUT2D eigenvalue weighted by atomic mass is 15.0. The van der Waals surface area contributed by atoms with Crippen molar-refractivity contribution in [3.63, 3.8) is 0 Å². The molecule has 0 amide bonds. The maximum absolute atomic E-state index is 4.27. The second kappa shape index (κ2) is 2.32. The molecule has 2 aromatic heterocycles. The van der Waals surface area contributed by atoms with Crippen molar-refractivity contribution in [2.45, 2.75) is 6.54 Å². The number of hydrogen-bond donors (Lipinski definition) is 2. The van der Waals surface area contributed by atoms with Crippen molar-refractivity contribution in [1.82, 2.24) is 15.0 Å². The summed E-state index contributed by atoms with van der Waals surface area (Å²) in [5.74, 6) is 0. The minimum absolute atomic E-state index is 0.800. The number of nitrogens with zero attached hydrogens (tertiary/aromatic N) is 2. The fourth-order valence-corrected chi connectivity index (χ4v) is 1.61. The molecule has 0 aliphatic carbocycles. The SMILES string of the molecule is c1cc2c(cn1)NCc1[nH]cnc1-2. The molecular formula is C9H8N4. The minimum Gasteiger partial charge on any atom is -0.378 e. The van der Waals surface area contributed by atoms with Gasteiger partial charge >= 0.3 is 0 Å². The zero-order valence-electron chi connectivity index (χ0n) is 6.91. The molecule has 0 aromatic carbocycles. The van der Waals surface area contributed by atoms with Crippen LogP contribution in [0.3, 0.4) is 0 Å². The van der Waals surface area contributed by atoms with Gasteiger partial charge in [0.15, 0.2) is 0 Å². The first-order chi connectivity index (χ1) is 6.45. The van der Waals surface area contributed by atoms with E-state index in [9.17, 15) is 0 Å². The summed E-state index contributed by atoms with van der Waals surface area (Å²) in [5, 5.41) is 3.27. The Labute approximate surface area is 75.0 Å². The lowest BCUT2D eigenvalue weighted by Crippen LogP contribution is -2.08. The van der Waals surface area contributed by atoms with Gasteiger partial charge in [0.05, 0.1) is 36.1 Å². The van der Waals surface area contributed by atoms with Gasteiger partial charge in [0.1, 0.15) is 0 Å². The molecule has 1 aliphatic rings. The van der Waals surface area contributed by atoms with Crippen LogP contribution in [-0.4, -0.2) is 15.0 Å². The summed E-state index contributed by atoms with van der Waals surface area (Å²) < 4.78 is 0. The van der Waals surface area contributed by atoms with Gasteiger partial charge in [-0.15, -0.1) is 0 Å². The Morgan fingerprint density at radius 1 is 1.38 bits per heavy atom. The van der Waals surface area contributed by atoms with E-state index in [-0.39, 0.29) is 0 Å². The molecule has 0 spiro atoms. The van der Waals surface area contributed by atoms with Crippen LogP contribution < -0.4 is 5.32 Å². The Kier molecular flexibility index (Phi) is 1.19. The van der Waals surface area contributed by atoms with Gasteiger partial charge in [-0.3, -0.25) is 4.98 Å². The van der Waals surface area contributed by atoms with Crippen molar-refractivity contribution >= 4 is 5.69 Å². The number of pyridine rings is 1. The summed E-state index contributed by atoms with van der Waals surface area (Å²) in [6.45, 7) is 0.800. The first kappa shape index (κ1) is 6.65. The quantitative estimate of drug-likeness (QED) is 0.631. The Morgan fingerprint density at radius 2 is 2.38 bits per heavy atom. The zero-order chi connectivity index (χ0) is 8.67. The highest BCUT2D eigenvalue weighted by Crippen LogP contribution is 2.31. The average molecular weight is 172 g/mol. The first-order valence-corrected chi connectivity index (χ1v) is 4.15. The van der Waals surface area contributed by atoms with E-state index in [4.69, 9.17) is 0 Å². The molecule has 4 nitrogen and oxygen atoms in total. The Balaban J connectivity index is 2.30. The average Bonchev–Trinajstić information content (AvgIpc) is 2.65. The molecule has 0 radical (unpaired) electrons. The molecule has 3 rings (SSSR count). The van der Waals surface area contributed by atoms with Crippen molar-refractivity contribution in [2.75, 3.05) is 5.32 Å². The second-order valence-corrected chi connectivity index (χ2v) is 3.00. The van der Waals surface area contributed by atoms with E-state index in [0.29, 0.717) is 0 Å². The molecule has 0 fully saturated rings. The number of nitrogens with one attached hydrogen (secondary N) is 2. The van der Waals surface area contributed by atoms with E-state index >= 15 is 0 Å². The van der Waals surface area contributed by atoms with E-state index in [1.807, 2.05) is 12.3 Å². The van der Waals surface area contributed by atoms with Crippen LogP contribution in [0.15, 0.2) is 24.8 Å². The fraction of sp³-hybridized carbons (Fsp3) is 0.111. The topological polar surface area (TPSA) is 53.6 Å². The van der Waals surface area contributed by atoms with Crippen molar-refractivity contribution < 1.29 is 0 Å². The monoisotopic (exact) mass is 172 g/mol. The van der Waals surface area contributed by atoms with Gasteiger partial charge in [-0.2, -0.15) is 0 Å². The highest BCUT2D eigenvalue weighted by Gasteiger charge is 2.16. The van der Waals surface area contributed by atoms with Gasteiger partial charge in [-0.05, 0) is 6.07 Å². The van der Waals surface area contributed by atoms with Crippen LogP contribution in [0.4, 0.5) is 5.69 Å². The lowest BCUT2D eigenvalue weighted by atomic mass is 10.1. The van der Waals surface area contributed by atoms with Gasteiger partial charge < -0.3 is 10.3 Å². The van der Waals surface area contributed by atoms with Gasteiger partial charge in [-0.25, -0.2) is 4.98 Å². The van der Waals surface area contributed by atoms with Crippen LogP contribution in [0.5, 0.6) is 0 Å². The van der Waals surface area contributed by atoms with E-state index in [0.717, 1.165) is 29.2 Å². The molecule has 0 saturated heterocycles. The molecule has 2 N–H and O–H groups in total. The summed E-state index contributed by atoms with van der Waals surface area (Å²) in [7, 11) is 0. The number of fused-ring (bicyclic) bond motifs is 3. The van der Waals surface area contributed by atoms with Crippen molar-refractivity contribution in [1.29, 1.82) is 0 Å². The van der Waals surface area contributed by atoms with Crippen LogP contribution in [0.25, 0.3) is 11.3 Å². The van der Waals surface area contributed by atoms with E-state index in [1.165, 1.54) is 0 Å². The largest absolute Gasteiger partial charge is 0.378 e. The number of anilines is 1. The molecule has 0 unspecified atom stereocenters. The Hall–Kier alpha value is -1.84. The molecule has 0 saturated carbocycles. The predicted octanol–water partition coefficient (Wildman–Crippen LogP) is 1.40. The lowest BCUT2D eigenvalue weighted by Gasteiger charge is -2.15. The number of H-pyrrole nitrogens is 1. The van der Waals surface area contributed by atoms with E-state index < -0.39 is 0 Å². The third kappa shape index (κ3) is 0.853. The Morgan fingerprint density at radius 3 is 3.38 bits per heavy atom. The van der Waals surface area contributed by atoms with E-state index in [2.05, 4.69) is 20.3 Å². The molecule has 0 atom stereocenters. The Bertz CT molecular complexity index is 446. The number of rotatable bonds is 0. The van der Waals surface area contributed by atoms with Gasteiger partial charge in [0.25, 0.3) is 0 Å². The first-order valence-electron chi connectivity index (χ1n) is 4.15. The number of aromatic amines is 1. The molecule has 2 aromatic rings. The lowest BCUT2D eigenvalue weighted by molar-refractivity contribution is 1.05. The predicted molar refractivity (Wildman–Crippen MR) is 49.1 cm³/mol. The summed E-state index contributed by atoms with van der Waals surface area (Å²) in [6.07, 6.45) is 5.33. The third-order valence-corrected chi connectivity index (χ3v) is 2.25. The summed E-state index contributed by atoms with van der Waals surface area (Å²) in [5.41, 5.74) is 4.36.